The van der Waals surface area contributed by atoms with Gasteiger partial charge in [-0.3, -0.25) is 4.79 Å². The van der Waals surface area contributed by atoms with E-state index in [1.165, 1.54) is 0 Å². The third kappa shape index (κ3) is 2.23. The van der Waals surface area contributed by atoms with Crippen LogP contribution < -0.4 is 5.32 Å². The van der Waals surface area contributed by atoms with Gasteiger partial charge in [0.15, 0.2) is 0 Å². The molecule has 0 aromatic heterocycles. The minimum atomic E-state index is -0.803. The summed E-state index contributed by atoms with van der Waals surface area (Å²) in [7, 11) is 0. The Bertz CT molecular complexity index is 339. The Morgan fingerprint density at radius 1 is 1.41 bits per heavy atom. The van der Waals surface area contributed by atoms with E-state index in [0.29, 0.717) is 13.0 Å². The number of hydrogen-bond acceptors (Lipinski definition) is 2. The van der Waals surface area contributed by atoms with Crippen LogP contribution in [0.25, 0.3) is 0 Å². The molecule has 2 amide bonds. The first-order valence-electron chi connectivity index (χ1n) is 6.24. The van der Waals surface area contributed by atoms with Gasteiger partial charge >= 0.3 is 12.0 Å². The molecule has 5 nitrogen and oxygen atoms in total. The summed E-state index contributed by atoms with van der Waals surface area (Å²) in [6, 6.07) is -0.320. The fourth-order valence-electron chi connectivity index (χ4n) is 2.72. The molecule has 0 aromatic rings. The van der Waals surface area contributed by atoms with Crippen LogP contribution in [0.4, 0.5) is 4.79 Å². The maximum atomic E-state index is 12.1. The molecule has 96 valence electrons. The molecule has 0 aromatic carbocycles. The van der Waals surface area contributed by atoms with Gasteiger partial charge in [0, 0.05) is 18.1 Å². The molecule has 0 bridgehead atoms. The van der Waals surface area contributed by atoms with E-state index in [0.717, 1.165) is 19.3 Å². The number of likely N-dealkylation sites (tertiary alicyclic amines) is 1. The third-order valence-corrected chi connectivity index (χ3v) is 4.20. The van der Waals surface area contributed by atoms with Gasteiger partial charge in [-0.05, 0) is 39.5 Å². The largest absolute Gasteiger partial charge is 0.481 e. The van der Waals surface area contributed by atoms with E-state index in [4.69, 9.17) is 5.11 Å². The molecule has 0 radical (unpaired) electrons. The lowest BCUT2D eigenvalue weighted by Gasteiger charge is -2.40. The van der Waals surface area contributed by atoms with Crippen molar-refractivity contribution in [2.75, 3.05) is 6.54 Å². The third-order valence-electron chi connectivity index (χ3n) is 4.20. The van der Waals surface area contributed by atoms with Crippen molar-refractivity contribution < 1.29 is 14.7 Å². The molecule has 2 rings (SSSR count). The summed E-state index contributed by atoms with van der Waals surface area (Å²) in [4.78, 5) is 24.7. The zero-order valence-corrected chi connectivity index (χ0v) is 10.4. The molecule has 2 atom stereocenters. The number of amides is 2. The number of rotatable bonds is 2. The second-order valence-electron chi connectivity index (χ2n) is 5.51. The van der Waals surface area contributed by atoms with Crippen molar-refractivity contribution in [2.24, 2.45) is 5.92 Å². The Hall–Kier alpha value is -1.26. The molecule has 1 heterocycles. The molecule has 1 aliphatic heterocycles. The highest BCUT2D eigenvalue weighted by atomic mass is 16.4. The number of nitrogens with zero attached hydrogens (tertiary/aromatic N) is 1. The molecular formula is C12H20N2O3. The van der Waals surface area contributed by atoms with E-state index in [2.05, 4.69) is 5.32 Å². The molecular weight excluding hydrogens is 220 g/mol. The Morgan fingerprint density at radius 2 is 2.06 bits per heavy atom. The van der Waals surface area contributed by atoms with Crippen LogP contribution in [0.5, 0.6) is 0 Å². The summed E-state index contributed by atoms with van der Waals surface area (Å²) in [5.74, 6) is -1.22. The first-order valence-corrected chi connectivity index (χ1v) is 6.24. The van der Waals surface area contributed by atoms with Crippen LogP contribution in [0.15, 0.2) is 0 Å². The van der Waals surface area contributed by atoms with Gasteiger partial charge in [0.1, 0.15) is 0 Å². The molecule has 1 saturated heterocycles. The van der Waals surface area contributed by atoms with E-state index in [9.17, 15) is 9.59 Å². The highest BCUT2D eigenvalue weighted by molar-refractivity contribution is 5.78. The van der Waals surface area contributed by atoms with Crippen molar-refractivity contribution in [1.29, 1.82) is 0 Å². The monoisotopic (exact) mass is 240 g/mol. The summed E-state index contributed by atoms with van der Waals surface area (Å²) in [5.41, 5.74) is -0.0713. The molecule has 2 aliphatic rings. The van der Waals surface area contributed by atoms with Crippen LogP contribution in [-0.2, 0) is 4.79 Å². The fraction of sp³-hybridized carbons (Fsp3) is 0.833. The van der Waals surface area contributed by atoms with Crippen molar-refractivity contribution in [3.8, 4) is 0 Å². The number of hydrogen-bond donors (Lipinski definition) is 2. The maximum Gasteiger partial charge on any atom is 0.318 e. The average molecular weight is 240 g/mol. The summed E-state index contributed by atoms with van der Waals surface area (Å²) in [5, 5.41) is 12.0. The second-order valence-corrected chi connectivity index (χ2v) is 5.51. The van der Waals surface area contributed by atoms with Crippen molar-refractivity contribution in [3.63, 3.8) is 0 Å². The number of nitrogens with one attached hydrogen (secondary N) is 1. The molecule has 2 unspecified atom stereocenters. The van der Waals surface area contributed by atoms with Gasteiger partial charge in [0.25, 0.3) is 0 Å². The number of carboxylic acid groups (broad SMARTS) is 1. The number of urea groups is 1. The van der Waals surface area contributed by atoms with Gasteiger partial charge in [-0.1, -0.05) is 0 Å². The highest BCUT2D eigenvalue weighted by Gasteiger charge is 2.41. The lowest BCUT2D eigenvalue weighted by molar-refractivity contribution is -0.142. The number of carbonyl (C=O) groups excluding carboxylic acids is 1. The standard InChI is InChI=1S/C12H20N2O3/c1-8-9(10(15)16)4-7-14(8)11(17)13-12(2)5-3-6-12/h8-9H,3-7H2,1-2H3,(H,13,17)(H,15,16). The van der Waals surface area contributed by atoms with Crippen LogP contribution in [0.1, 0.15) is 39.5 Å². The maximum absolute atomic E-state index is 12.1. The van der Waals surface area contributed by atoms with E-state index >= 15 is 0 Å². The van der Waals surface area contributed by atoms with Crippen LogP contribution >= 0.6 is 0 Å². The zero-order chi connectivity index (χ0) is 12.6. The average Bonchev–Trinajstić information content (AvgIpc) is 2.57. The van der Waals surface area contributed by atoms with Gasteiger partial charge in [-0.2, -0.15) is 0 Å². The second kappa shape index (κ2) is 4.20. The Morgan fingerprint density at radius 3 is 2.47 bits per heavy atom. The van der Waals surface area contributed by atoms with Crippen molar-refractivity contribution in [1.82, 2.24) is 10.2 Å². The number of carboxylic acids is 1. The zero-order valence-electron chi connectivity index (χ0n) is 10.4. The molecule has 0 spiro atoms. The van der Waals surface area contributed by atoms with Crippen LogP contribution in [0.2, 0.25) is 0 Å². The lowest BCUT2D eigenvalue weighted by Crippen LogP contribution is -2.56. The van der Waals surface area contributed by atoms with Gasteiger partial charge in [-0.25, -0.2) is 4.79 Å². The van der Waals surface area contributed by atoms with Crippen molar-refractivity contribution in [2.45, 2.75) is 51.1 Å². The smallest absolute Gasteiger partial charge is 0.318 e. The molecule has 5 heteroatoms. The quantitative estimate of drug-likeness (QED) is 0.767. The van der Waals surface area contributed by atoms with E-state index in [-0.39, 0.29) is 17.6 Å². The van der Waals surface area contributed by atoms with E-state index in [1.54, 1.807) is 4.90 Å². The lowest BCUT2D eigenvalue weighted by atomic mass is 9.79. The van der Waals surface area contributed by atoms with Crippen molar-refractivity contribution >= 4 is 12.0 Å². The molecule has 2 N–H and O–H groups in total. The minimum Gasteiger partial charge on any atom is -0.481 e. The first kappa shape index (κ1) is 12.2. The minimum absolute atomic E-state index is 0.0713. The predicted octanol–water partition coefficient (Wildman–Crippen LogP) is 1.43. The topological polar surface area (TPSA) is 69.6 Å². The SMILES string of the molecule is CC1C(C(=O)O)CCN1C(=O)NC1(C)CCC1. The Kier molecular flexibility index (Phi) is 3.02. The van der Waals surface area contributed by atoms with Gasteiger partial charge < -0.3 is 15.3 Å². The summed E-state index contributed by atoms with van der Waals surface area (Å²) < 4.78 is 0. The normalized spacial score (nSPS) is 30.8. The summed E-state index contributed by atoms with van der Waals surface area (Å²) >= 11 is 0. The molecule has 1 aliphatic carbocycles. The van der Waals surface area contributed by atoms with Gasteiger partial charge in [0.05, 0.1) is 5.92 Å². The van der Waals surface area contributed by atoms with Crippen LogP contribution in [0, 0.1) is 5.92 Å². The van der Waals surface area contributed by atoms with Crippen LogP contribution in [-0.4, -0.2) is 40.1 Å². The Balaban J connectivity index is 1.94. The van der Waals surface area contributed by atoms with Crippen molar-refractivity contribution in [3.05, 3.63) is 0 Å². The first-order chi connectivity index (χ1) is 7.93. The number of aliphatic carboxylic acids is 1. The van der Waals surface area contributed by atoms with E-state index < -0.39 is 11.9 Å². The summed E-state index contributed by atoms with van der Waals surface area (Å²) in [6.07, 6.45) is 3.75. The Labute approximate surface area is 101 Å². The highest BCUT2D eigenvalue weighted by Crippen LogP contribution is 2.32. The van der Waals surface area contributed by atoms with Crippen LogP contribution in [0.3, 0.4) is 0 Å². The van der Waals surface area contributed by atoms with E-state index in [1.807, 2.05) is 13.8 Å². The fourth-order valence-corrected chi connectivity index (χ4v) is 2.72. The summed E-state index contributed by atoms with van der Waals surface area (Å²) in [6.45, 7) is 4.40. The predicted molar refractivity (Wildman–Crippen MR) is 62.7 cm³/mol. The van der Waals surface area contributed by atoms with Gasteiger partial charge in [0.2, 0.25) is 0 Å². The molecule has 17 heavy (non-hydrogen) atoms. The molecule has 2 fully saturated rings. The van der Waals surface area contributed by atoms with Gasteiger partial charge in [-0.15, -0.1) is 0 Å². The number of carbonyl (C=O) groups is 2. The molecule has 1 saturated carbocycles.